The van der Waals surface area contributed by atoms with Gasteiger partial charge >= 0.3 is 0 Å². The summed E-state index contributed by atoms with van der Waals surface area (Å²) >= 11 is 0. The second-order valence-corrected chi connectivity index (χ2v) is 3.94. The third kappa shape index (κ3) is 3.18. The van der Waals surface area contributed by atoms with Crippen molar-refractivity contribution in [3.63, 3.8) is 0 Å². The molecule has 0 fully saturated rings. The van der Waals surface area contributed by atoms with Crippen molar-refractivity contribution in [2.24, 2.45) is 5.73 Å². The van der Waals surface area contributed by atoms with Gasteiger partial charge in [0.1, 0.15) is 11.6 Å². The van der Waals surface area contributed by atoms with Gasteiger partial charge in [-0.3, -0.25) is 0 Å². The van der Waals surface area contributed by atoms with Gasteiger partial charge in [0.2, 0.25) is 0 Å². The Kier molecular flexibility index (Phi) is 4.71. The zero-order valence-corrected chi connectivity index (χ0v) is 9.96. The molecule has 0 aliphatic rings. The molecule has 0 spiro atoms. The highest BCUT2D eigenvalue weighted by molar-refractivity contribution is 5.36. The number of nitrogens with one attached hydrogen (secondary N) is 1. The van der Waals surface area contributed by atoms with Crippen molar-refractivity contribution in [2.45, 2.75) is 25.4 Å². The van der Waals surface area contributed by atoms with Gasteiger partial charge in [-0.15, -0.1) is 0 Å². The monoisotopic (exact) mass is 226 g/mol. The fourth-order valence-corrected chi connectivity index (χ4v) is 1.75. The molecule has 0 aromatic heterocycles. The third-order valence-corrected chi connectivity index (χ3v) is 2.52. The molecular weight excluding hydrogens is 207 g/mol. The van der Waals surface area contributed by atoms with E-state index in [-0.39, 0.29) is 17.9 Å². The SMILES string of the molecule is CNC(CC(C)N)c1cc(F)ccc1OC. The van der Waals surface area contributed by atoms with Crippen molar-refractivity contribution >= 4 is 0 Å². The number of nitrogens with two attached hydrogens (primary N) is 1. The van der Waals surface area contributed by atoms with Gasteiger partial charge in [-0.25, -0.2) is 4.39 Å². The molecule has 0 radical (unpaired) electrons. The molecule has 1 aromatic carbocycles. The second-order valence-electron chi connectivity index (χ2n) is 3.94. The van der Waals surface area contributed by atoms with Crippen LogP contribution in [-0.4, -0.2) is 20.2 Å². The summed E-state index contributed by atoms with van der Waals surface area (Å²) in [7, 11) is 3.41. The lowest BCUT2D eigenvalue weighted by Crippen LogP contribution is -2.26. The van der Waals surface area contributed by atoms with Crippen LogP contribution in [-0.2, 0) is 0 Å². The lowest BCUT2D eigenvalue weighted by molar-refractivity contribution is 0.393. The first-order valence-corrected chi connectivity index (χ1v) is 5.34. The summed E-state index contributed by atoms with van der Waals surface area (Å²) in [5.74, 6) is 0.419. The van der Waals surface area contributed by atoms with Crippen molar-refractivity contribution in [3.8, 4) is 5.75 Å². The molecule has 0 bridgehead atoms. The summed E-state index contributed by atoms with van der Waals surface area (Å²) in [6, 6.07) is 4.57. The van der Waals surface area contributed by atoms with E-state index >= 15 is 0 Å². The van der Waals surface area contributed by atoms with Gasteiger partial charge in [-0.05, 0) is 38.6 Å². The van der Waals surface area contributed by atoms with Gasteiger partial charge in [0.25, 0.3) is 0 Å². The van der Waals surface area contributed by atoms with Crippen LogP contribution in [0.2, 0.25) is 0 Å². The molecule has 16 heavy (non-hydrogen) atoms. The smallest absolute Gasteiger partial charge is 0.123 e. The Bertz CT molecular complexity index is 342. The summed E-state index contributed by atoms with van der Waals surface area (Å²) in [6.07, 6.45) is 0.732. The van der Waals surface area contributed by atoms with E-state index in [1.54, 1.807) is 13.2 Å². The maximum absolute atomic E-state index is 13.2. The highest BCUT2D eigenvalue weighted by Gasteiger charge is 2.16. The van der Waals surface area contributed by atoms with E-state index < -0.39 is 0 Å². The molecule has 0 aliphatic heterocycles. The van der Waals surface area contributed by atoms with Gasteiger partial charge in [0.05, 0.1) is 7.11 Å². The van der Waals surface area contributed by atoms with Crippen molar-refractivity contribution in [2.75, 3.05) is 14.2 Å². The van der Waals surface area contributed by atoms with Gasteiger partial charge in [-0.1, -0.05) is 0 Å². The van der Waals surface area contributed by atoms with Crippen molar-refractivity contribution in [3.05, 3.63) is 29.6 Å². The van der Waals surface area contributed by atoms with Gasteiger partial charge < -0.3 is 15.8 Å². The number of hydrogen-bond acceptors (Lipinski definition) is 3. The van der Waals surface area contributed by atoms with E-state index in [2.05, 4.69) is 5.32 Å². The Labute approximate surface area is 95.8 Å². The molecule has 0 amide bonds. The molecule has 0 aliphatic carbocycles. The first-order chi connectivity index (χ1) is 7.58. The topological polar surface area (TPSA) is 47.3 Å². The minimum atomic E-state index is -0.263. The second kappa shape index (κ2) is 5.82. The average molecular weight is 226 g/mol. The molecular formula is C12H19FN2O. The number of rotatable bonds is 5. The summed E-state index contributed by atoms with van der Waals surface area (Å²) in [4.78, 5) is 0. The molecule has 0 saturated heterocycles. The average Bonchev–Trinajstić information content (AvgIpc) is 2.25. The number of halogens is 1. The van der Waals surface area contributed by atoms with Crippen LogP contribution in [0.1, 0.15) is 24.9 Å². The molecule has 2 atom stereocenters. The van der Waals surface area contributed by atoms with Crippen LogP contribution >= 0.6 is 0 Å². The first kappa shape index (κ1) is 12.9. The van der Waals surface area contributed by atoms with Crippen LogP contribution in [0.5, 0.6) is 5.75 Å². The Balaban J connectivity index is 3.02. The Hall–Kier alpha value is -1.13. The predicted octanol–water partition coefficient (Wildman–Crippen LogP) is 1.83. The van der Waals surface area contributed by atoms with Crippen LogP contribution in [0.25, 0.3) is 0 Å². The van der Waals surface area contributed by atoms with Crippen LogP contribution in [0.3, 0.4) is 0 Å². The molecule has 4 heteroatoms. The largest absolute Gasteiger partial charge is 0.496 e. The Morgan fingerprint density at radius 1 is 1.50 bits per heavy atom. The predicted molar refractivity (Wildman–Crippen MR) is 63.0 cm³/mol. The summed E-state index contributed by atoms with van der Waals surface area (Å²) < 4.78 is 18.4. The van der Waals surface area contributed by atoms with Crippen molar-refractivity contribution in [1.82, 2.24) is 5.32 Å². The lowest BCUT2D eigenvalue weighted by Gasteiger charge is -2.21. The number of hydrogen-bond donors (Lipinski definition) is 2. The van der Waals surface area contributed by atoms with Crippen LogP contribution < -0.4 is 15.8 Å². The Morgan fingerprint density at radius 3 is 2.69 bits per heavy atom. The first-order valence-electron chi connectivity index (χ1n) is 5.34. The third-order valence-electron chi connectivity index (χ3n) is 2.52. The zero-order valence-electron chi connectivity index (χ0n) is 9.96. The van der Waals surface area contributed by atoms with E-state index in [4.69, 9.17) is 10.5 Å². The molecule has 1 aromatic rings. The highest BCUT2D eigenvalue weighted by Crippen LogP contribution is 2.28. The molecule has 3 N–H and O–H groups in total. The van der Waals surface area contributed by atoms with E-state index in [1.165, 1.54) is 12.1 Å². The van der Waals surface area contributed by atoms with Crippen LogP contribution in [0, 0.1) is 5.82 Å². The Morgan fingerprint density at radius 2 is 2.19 bits per heavy atom. The summed E-state index contributed by atoms with van der Waals surface area (Å²) in [5, 5.41) is 3.12. The number of methoxy groups -OCH3 is 1. The van der Waals surface area contributed by atoms with E-state index in [0.717, 1.165) is 12.0 Å². The van der Waals surface area contributed by atoms with Crippen molar-refractivity contribution < 1.29 is 9.13 Å². The molecule has 90 valence electrons. The molecule has 0 saturated carbocycles. The minimum absolute atomic E-state index is 0.00523. The summed E-state index contributed by atoms with van der Waals surface area (Å²) in [5.41, 5.74) is 6.57. The fourth-order valence-electron chi connectivity index (χ4n) is 1.75. The normalized spacial score (nSPS) is 14.6. The van der Waals surface area contributed by atoms with Crippen LogP contribution in [0.4, 0.5) is 4.39 Å². The summed E-state index contributed by atoms with van der Waals surface area (Å²) in [6.45, 7) is 1.93. The van der Waals surface area contributed by atoms with Gasteiger partial charge in [0.15, 0.2) is 0 Å². The van der Waals surface area contributed by atoms with Gasteiger partial charge in [-0.2, -0.15) is 0 Å². The number of benzene rings is 1. The van der Waals surface area contributed by atoms with Gasteiger partial charge in [0, 0.05) is 17.6 Å². The standard InChI is InChI=1S/C12H19FN2O/c1-8(14)6-11(15-2)10-7-9(13)4-5-12(10)16-3/h4-5,7-8,11,15H,6,14H2,1-3H3. The zero-order chi connectivity index (χ0) is 12.1. The molecule has 1 rings (SSSR count). The molecule has 2 unspecified atom stereocenters. The minimum Gasteiger partial charge on any atom is -0.496 e. The molecule has 3 nitrogen and oxygen atoms in total. The van der Waals surface area contributed by atoms with E-state index in [9.17, 15) is 4.39 Å². The maximum atomic E-state index is 13.2. The fraction of sp³-hybridized carbons (Fsp3) is 0.500. The highest BCUT2D eigenvalue weighted by atomic mass is 19.1. The van der Waals surface area contributed by atoms with Crippen molar-refractivity contribution in [1.29, 1.82) is 0 Å². The van der Waals surface area contributed by atoms with Crippen LogP contribution in [0.15, 0.2) is 18.2 Å². The lowest BCUT2D eigenvalue weighted by atomic mass is 9.99. The number of ether oxygens (including phenoxy) is 1. The van der Waals surface area contributed by atoms with E-state index in [0.29, 0.717) is 5.75 Å². The van der Waals surface area contributed by atoms with E-state index in [1.807, 2.05) is 14.0 Å². The maximum Gasteiger partial charge on any atom is 0.123 e. The molecule has 0 heterocycles. The quantitative estimate of drug-likeness (QED) is 0.805.